The van der Waals surface area contributed by atoms with Gasteiger partial charge in [-0.15, -0.1) is 0 Å². The summed E-state index contributed by atoms with van der Waals surface area (Å²) in [4.78, 5) is 0. The fourth-order valence-electron chi connectivity index (χ4n) is 1.06. The maximum atomic E-state index is 12.8. The smallest absolute Gasteiger partial charge is 0.126 e. The van der Waals surface area contributed by atoms with Gasteiger partial charge in [-0.05, 0) is 19.1 Å². The van der Waals surface area contributed by atoms with Crippen LogP contribution in [0.1, 0.15) is 18.6 Å². The molecule has 1 unspecified atom stereocenters. The Bertz CT molecular complexity index is 291. The van der Waals surface area contributed by atoms with Crippen LogP contribution in [0, 0.1) is 5.82 Å². The Hall–Kier alpha value is -0.310. The van der Waals surface area contributed by atoms with Gasteiger partial charge in [-0.25, -0.2) is 4.39 Å². The lowest BCUT2D eigenvalue weighted by Crippen LogP contribution is -1.98. The van der Waals surface area contributed by atoms with Crippen molar-refractivity contribution in [1.82, 2.24) is 0 Å². The molecule has 0 aliphatic rings. The van der Waals surface area contributed by atoms with Gasteiger partial charge in [0.2, 0.25) is 0 Å². The first kappa shape index (κ1) is 10.8. The molecule has 0 radical (unpaired) electrons. The van der Waals surface area contributed by atoms with Crippen molar-refractivity contribution < 1.29 is 9.13 Å². The second kappa shape index (κ2) is 4.27. The second-order valence-corrected chi connectivity index (χ2v) is 3.48. The highest BCUT2D eigenvalue weighted by molar-refractivity contribution is 6.36. The zero-order chi connectivity index (χ0) is 10.0. The van der Waals surface area contributed by atoms with Crippen molar-refractivity contribution in [2.75, 3.05) is 7.11 Å². The Morgan fingerprint density at radius 3 is 2.15 bits per heavy atom. The molecule has 0 spiro atoms. The molecule has 0 N–H and O–H groups in total. The van der Waals surface area contributed by atoms with Crippen LogP contribution in [-0.4, -0.2) is 7.11 Å². The zero-order valence-electron chi connectivity index (χ0n) is 7.27. The van der Waals surface area contributed by atoms with Crippen LogP contribution in [0.15, 0.2) is 12.1 Å². The normalized spacial score (nSPS) is 13.0. The first-order chi connectivity index (χ1) is 6.06. The Morgan fingerprint density at radius 1 is 1.31 bits per heavy atom. The van der Waals surface area contributed by atoms with Crippen LogP contribution < -0.4 is 0 Å². The standard InChI is InChI=1S/C9H9Cl2FO/c1-5(13-2)9-7(10)3-6(12)4-8(9)11/h3-5H,1-2H3. The van der Waals surface area contributed by atoms with E-state index in [1.165, 1.54) is 12.1 Å². The van der Waals surface area contributed by atoms with E-state index in [0.717, 1.165) is 0 Å². The van der Waals surface area contributed by atoms with Gasteiger partial charge in [-0.3, -0.25) is 0 Å². The Morgan fingerprint density at radius 2 is 1.77 bits per heavy atom. The molecule has 1 rings (SSSR count). The maximum Gasteiger partial charge on any atom is 0.126 e. The molecule has 1 aromatic carbocycles. The van der Waals surface area contributed by atoms with Crippen molar-refractivity contribution in [3.63, 3.8) is 0 Å². The van der Waals surface area contributed by atoms with E-state index in [2.05, 4.69) is 0 Å². The summed E-state index contributed by atoms with van der Waals surface area (Å²) >= 11 is 11.6. The summed E-state index contributed by atoms with van der Waals surface area (Å²) in [6, 6.07) is 2.44. The highest BCUT2D eigenvalue weighted by Crippen LogP contribution is 2.32. The second-order valence-electron chi connectivity index (χ2n) is 2.66. The number of hydrogen-bond acceptors (Lipinski definition) is 1. The summed E-state index contributed by atoms with van der Waals surface area (Å²) in [5.41, 5.74) is 0.618. The largest absolute Gasteiger partial charge is 0.377 e. The van der Waals surface area contributed by atoms with Crippen molar-refractivity contribution in [2.24, 2.45) is 0 Å². The third kappa shape index (κ3) is 2.33. The number of methoxy groups -OCH3 is 1. The molecule has 1 aromatic rings. The van der Waals surface area contributed by atoms with Crippen LogP contribution in [0.2, 0.25) is 10.0 Å². The van der Waals surface area contributed by atoms with Crippen molar-refractivity contribution in [2.45, 2.75) is 13.0 Å². The summed E-state index contributed by atoms with van der Waals surface area (Å²) < 4.78 is 17.8. The van der Waals surface area contributed by atoms with E-state index in [0.29, 0.717) is 15.6 Å². The minimum absolute atomic E-state index is 0.236. The van der Waals surface area contributed by atoms with Crippen molar-refractivity contribution in [1.29, 1.82) is 0 Å². The first-order valence-corrected chi connectivity index (χ1v) is 4.49. The van der Waals surface area contributed by atoms with Crippen molar-refractivity contribution in [3.05, 3.63) is 33.6 Å². The lowest BCUT2D eigenvalue weighted by Gasteiger charge is -2.13. The van der Waals surface area contributed by atoms with E-state index >= 15 is 0 Å². The average molecular weight is 223 g/mol. The van der Waals surface area contributed by atoms with Gasteiger partial charge in [-0.2, -0.15) is 0 Å². The number of benzene rings is 1. The van der Waals surface area contributed by atoms with Gasteiger partial charge in [0, 0.05) is 12.7 Å². The Kier molecular flexibility index (Phi) is 3.54. The first-order valence-electron chi connectivity index (χ1n) is 3.73. The molecule has 0 aromatic heterocycles. The lowest BCUT2D eigenvalue weighted by molar-refractivity contribution is 0.119. The molecule has 0 saturated carbocycles. The van der Waals surface area contributed by atoms with Crippen LogP contribution in [0.4, 0.5) is 4.39 Å². The number of rotatable bonds is 2. The molecule has 0 amide bonds. The van der Waals surface area contributed by atoms with Gasteiger partial charge >= 0.3 is 0 Å². The molecular formula is C9H9Cl2FO. The predicted octanol–water partition coefficient (Wildman–Crippen LogP) is 3.84. The minimum atomic E-state index is -0.443. The summed E-state index contributed by atoms with van der Waals surface area (Å²) in [7, 11) is 1.54. The van der Waals surface area contributed by atoms with Gasteiger partial charge < -0.3 is 4.74 Å². The summed E-state index contributed by atoms with van der Waals surface area (Å²) in [6.45, 7) is 1.80. The SMILES string of the molecule is COC(C)c1c(Cl)cc(F)cc1Cl. The van der Waals surface area contributed by atoms with E-state index in [-0.39, 0.29) is 6.10 Å². The lowest BCUT2D eigenvalue weighted by atomic mass is 10.1. The maximum absolute atomic E-state index is 12.8. The molecule has 0 aliphatic heterocycles. The van der Waals surface area contributed by atoms with Crippen molar-refractivity contribution >= 4 is 23.2 Å². The average Bonchev–Trinajstić information content (AvgIpc) is 2.02. The fourth-order valence-corrected chi connectivity index (χ4v) is 1.83. The van der Waals surface area contributed by atoms with Crippen LogP contribution >= 0.6 is 23.2 Å². The third-order valence-electron chi connectivity index (χ3n) is 1.80. The monoisotopic (exact) mass is 222 g/mol. The molecule has 0 bridgehead atoms. The van der Waals surface area contributed by atoms with Gasteiger partial charge in [0.15, 0.2) is 0 Å². The van der Waals surface area contributed by atoms with Crippen molar-refractivity contribution in [3.8, 4) is 0 Å². The van der Waals surface area contributed by atoms with E-state index in [1.807, 2.05) is 0 Å². The summed E-state index contributed by atoms with van der Waals surface area (Å²) in [5, 5.41) is 0.582. The van der Waals surface area contributed by atoms with E-state index < -0.39 is 5.82 Å². The molecule has 1 atom stereocenters. The Balaban J connectivity index is 3.20. The molecule has 1 nitrogen and oxygen atoms in total. The highest BCUT2D eigenvalue weighted by atomic mass is 35.5. The molecule has 0 aliphatic carbocycles. The quantitative estimate of drug-likeness (QED) is 0.740. The summed E-state index contributed by atoms with van der Waals surface area (Å²) in [5.74, 6) is -0.443. The van der Waals surface area contributed by atoms with Gasteiger partial charge in [0.25, 0.3) is 0 Å². The van der Waals surface area contributed by atoms with E-state index in [4.69, 9.17) is 27.9 Å². The minimum Gasteiger partial charge on any atom is -0.377 e. The van der Waals surface area contributed by atoms with Crippen LogP contribution in [0.3, 0.4) is 0 Å². The number of hydrogen-bond donors (Lipinski definition) is 0. The molecule has 0 fully saturated rings. The molecule has 0 saturated heterocycles. The zero-order valence-corrected chi connectivity index (χ0v) is 8.79. The molecule has 72 valence electrons. The number of ether oxygens (including phenoxy) is 1. The summed E-state index contributed by atoms with van der Waals surface area (Å²) in [6.07, 6.45) is -0.236. The Labute approximate surface area is 86.4 Å². The predicted molar refractivity (Wildman–Crippen MR) is 51.8 cm³/mol. The van der Waals surface area contributed by atoms with Gasteiger partial charge in [0.1, 0.15) is 5.82 Å². The highest BCUT2D eigenvalue weighted by Gasteiger charge is 2.14. The third-order valence-corrected chi connectivity index (χ3v) is 2.43. The van der Waals surface area contributed by atoms with Crippen LogP contribution in [0.5, 0.6) is 0 Å². The topological polar surface area (TPSA) is 9.23 Å². The van der Waals surface area contributed by atoms with Gasteiger partial charge in [-0.1, -0.05) is 23.2 Å². The molecule has 13 heavy (non-hydrogen) atoms. The van der Waals surface area contributed by atoms with E-state index in [9.17, 15) is 4.39 Å². The van der Waals surface area contributed by atoms with Gasteiger partial charge in [0.05, 0.1) is 16.1 Å². The van der Waals surface area contributed by atoms with E-state index in [1.54, 1.807) is 14.0 Å². The molecular weight excluding hydrogens is 214 g/mol. The molecule has 4 heteroatoms. The number of halogens is 3. The van der Waals surface area contributed by atoms with Crippen LogP contribution in [-0.2, 0) is 4.74 Å². The molecule has 0 heterocycles. The van der Waals surface area contributed by atoms with Crippen LogP contribution in [0.25, 0.3) is 0 Å². The fraction of sp³-hybridized carbons (Fsp3) is 0.333.